The van der Waals surface area contributed by atoms with Crippen molar-refractivity contribution in [1.29, 1.82) is 0 Å². The van der Waals surface area contributed by atoms with Crippen LogP contribution in [-0.4, -0.2) is 19.9 Å². The number of aromatic nitrogens is 8. The Morgan fingerprint density at radius 3 is 1.05 bits per heavy atom. The fourth-order valence-electron chi connectivity index (χ4n) is 15.4. The smallest absolute Gasteiger partial charge is 0.227 e. The highest BCUT2D eigenvalue weighted by Gasteiger charge is 2.29. The zero-order chi connectivity index (χ0) is 88.0. The van der Waals surface area contributed by atoms with Crippen molar-refractivity contribution in [2.24, 2.45) is 33.6 Å². The molecule has 0 radical (unpaired) electrons. The molecule has 12 heteroatoms. The molecule has 1 unspecified atom stereocenters. The number of hydrogen-bond donors (Lipinski definition) is 0. The monoisotopic (exact) mass is 1450 g/mol. The third kappa shape index (κ3) is 14.3. The molecule has 12 heterocycles. The van der Waals surface area contributed by atoms with Crippen molar-refractivity contribution < 1.29 is 55.1 Å². The van der Waals surface area contributed by atoms with Crippen LogP contribution in [-0.2, 0) is 40.0 Å². The Bertz CT molecular complexity index is 6840. The van der Waals surface area contributed by atoms with Crippen LogP contribution in [0, 0.1) is 60.8 Å². The molecular weight excluding hydrogens is 1330 g/mol. The third-order valence-corrected chi connectivity index (χ3v) is 20.8. The van der Waals surface area contributed by atoms with Crippen LogP contribution in [0.4, 0.5) is 0 Å². The van der Waals surface area contributed by atoms with Crippen LogP contribution in [0.15, 0.2) is 188 Å². The van der Waals surface area contributed by atoms with Crippen molar-refractivity contribution in [2.45, 2.75) is 178 Å². The van der Waals surface area contributed by atoms with Gasteiger partial charge in [0.1, 0.15) is 28.2 Å². The summed E-state index contributed by atoms with van der Waals surface area (Å²) in [4.78, 5) is 18.6. The second kappa shape index (κ2) is 29.1. The molecule has 2 fully saturated rings. The van der Waals surface area contributed by atoms with E-state index in [4.69, 9.17) is 41.8 Å². The minimum absolute atomic E-state index is 0.00465. The summed E-state index contributed by atoms with van der Waals surface area (Å²) in [6.07, 6.45) is 4.69. The molecule has 0 aliphatic heterocycles. The van der Waals surface area contributed by atoms with Crippen molar-refractivity contribution in [3.8, 4) is 45.0 Å². The Morgan fingerprint density at radius 1 is 0.370 bits per heavy atom. The minimum atomic E-state index is -2.67. The molecule has 4 aromatic carbocycles. The van der Waals surface area contributed by atoms with Gasteiger partial charge in [0, 0.05) is 149 Å². The van der Waals surface area contributed by atoms with Gasteiger partial charge in [-0.3, -0.25) is 0 Å². The number of nitrogens with zero attached hydrogens (tertiary/aromatic N) is 8. The van der Waals surface area contributed by atoms with Crippen LogP contribution < -0.4 is 18.3 Å². The number of benzene rings is 4. The minimum Gasteiger partial charge on any atom is -0.437 e. The van der Waals surface area contributed by atoms with Crippen LogP contribution in [0.1, 0.15) is 197 Å². The Morgan fingerprint density at radius 2 is 0.694 bits per heavy atom. The molecule has 0 N–H and O–H groups in total. The van der Waals surface area contributed by atoms with E-state index >= 15 is 0 Å². The fourth-order valence-corrected chi connectivity index (χ4v) is 15.4. The maximum Gasteiger partial charge on any atom is 0.227 e. The molecule has 12 nitrogen and oxygen atoms in total. The van der Waals surface area contributed by atoms with Crippen LogP contribution >= 0.6 is 0 Å². The van der Waals surface area contributed by atoms with Crippen LogP contribution in [0.25, 0.3) is 133 Å². The molecule has 2 aliphatic carbocycles. The summed E-state index contributed by atoms with van der Waals surface area (Å²) < 4.78 is 149. The topological polar surface area (TPSA) is 120 Å². The third-order valence-electron chi connectivity index (χ3n) is 20.8. The summed E-state index contributed by atoms with van der Waals surface area (Å²) in [7, 11) is 8.10. The first-order valence-corrected chi connectivity index (χ1v) is 37.3. The van der Waals surface area contributed by atoms with Gasteiger partial charge in [0.15, 0.2) is 47.1 Å². The number of fused-ring (bicyclic) bond motifs is 12. The van der Waals surface area contributed by atoms with E-state index in [2.05, 4.69) is 198 Å². The normalized spacial score (nSPS) is 18.9. The summed E-state index contributed by atoms with van der Waals surface area (Å²) in [5.74, 6) is -3.45. The van der Waals surface area contributed by atoms with E-state index in [1.54, 1.807) is 24.3 Å². The molecule has 0 spiro atoms. The number of furan rings is 4. The highest BCUT2D eigenvalue weighted by Crippen LogP contribution is 2.44. The molecule has 0 saturated heterocycles. The summed E-state index contributed by atoms with van der Waals surface area (Å²) in [6.45, 7) is 19.0. The maximum absolute atomic E-state index is 8.98. The first-order valence-electron chi connectivity index (χ1n) is 44.3. The molecule has 0 amide bonds. The predicted octanol–water partition coefficient (Wildman–Crippen LogP) is 22.9. The van der Waals surface area contributed by atoms with E-state index in [1.165, 1.54) is 23.6 Å². The van der Waals surface area contributed by atoms with Gasteiger partial charge in [-0.15, -0.1) is 0 Å². The molecule has 12 aromatic heterocycles. The zero-order valence-corrected chi connectivity index (χ0v) is 64.8. The largest absolute Gasteiger partial charge is 0.437 e. The average molecular weight is 1450 g/mol. The van der Waals surface area contributed by atoms with Gasteiger partial charge in [-0.1, -0.05) is 122 Å². The van der Waals surface area contributed by atoms with Crippen molar-refractivity contribution >= 4 is 88.3 Å². The quantitative estimate of drug-likeness (QED) is 0.145. The average Bonchev–Trinajstić information content (AvgIpc) is 1.02. The molecule has 548 valence electrons. The zero-order valence-electron chi connectivity index (χ0n) is 78.8. The molecule has 2 aliphatic rings. The van der Waals surface area contributed by atoms with E-state index in [0.29, 0.717) is 71.1 Å². The molecule has 16 aromatic rings. The molecule has 0 bridgehead atoms. The lowest BCUT2D eigenvalue weighted by atomic mass is 9.86. The summed E-state index contributed by atoms with van der Waals surface area (Å²) in [5.41, 5.74) is 22.4. The van der Waals surface area contributed by atoms with Crippen molar-refractivity contribution in [2.75, 3.05) is 0 Å². The number of aryl methyl sites for hydroxylation is 12. The first kappa shape index (κ1) is 57.5. The van der Waals surface area contributed by atoms with Crippen molar-refractivity contribution in [1.82, 2.24) is 19.9 Å². The number of rotatable bonds is 7. The lowest BCUT2D eigenvalue weighted by molar-refractivity contribution is -0.660. The van der Waals surface area contributed by atoms with Gasteiger partial charge in [0.05, 0.1) is 22.3 Å². The predicted molar refractivity (Wildman–Crippen MR) is 439 cm³/mol. The molecular formula is C96H104N8O4+4. The highest BCUT2D eigenvalue weighted by molar-refractivity contribution is 6.12. The standard InChI is InChI=1S/C25H27N2O.C24H25N2O.C24H27N2O.C23H25N2O/c1-16-9-14-22(27(3)15-16)23-17(2)10-11-19-20-12-13-21(18-7-5-4-6-8-18)26-25(20)28-24(19)23;1-15-8-13-21(26(3)14-15)22-16(2)9-10-18-19-11-12-20(17-6-4-5-7-17)25-24(19)27-23(18)22;1-15-7-12-20(26(6)14-15)21-16(2)8-10-18-19-11-9-17(13-24(3,4)5)25-23(19)27-22(18)21;1-14-7-11-18(25(6)13-14)20-15(2)8-9-16-17-10-12-19(23(3,4)5)24-22(17)26-21(16)20/h9-15,18H,4-8H2,1-3H3;8-14,17H,4-7H2,1-3H3;7-12,14H,13H2,1-6H3;7-13H,1-6H3/q4*+1/i7D2,8D2,18D;6D2,17D;3D3,4D3;. The Hall–Kier alpha value is -10.7. The van der Waals surface area contributed by atoms with Gasteiger partial charge in [-0.05, 0) is 188 Å². The number of hydrogen-bond acceptors (Lipinski definition) is 8. The van der Waals surface area contributed by atoms with Gasteiger partial charge in [0.2, 0.25) is 45.6 Å². The van der Waals surface area contributed by atoms with Gasteiger partial charge < -0.3 is 17.7 Å². The van der Waals surface area contributed by atoms with Crippen LogP contribution in [0.5, 0.6) is 0 Å². The van der Waals surface area contributed by atoms with Crippen molar-refractivity contribution in [3.63, 3.8) is 0 Å². The highest BCUT2D eigenvalue weighted by atomic mass is 16.4. The van der Waals surface area contributed by atoms with Gasteiger partial charge in [-0.25, -0.2) is 38.2 Å². The van der Waals surface area contributed by atoms with E-state index in [1.807, 2.05) is 85.2 Å². The lowest BCUT2D eigenvalue weighted by Crippen LogP contribution is -2.31. The Balaban J connectivity index is 0.000000127. The van der Waals surface area contributed by atoms with E-state index in [-0.39, 0.29) is 30.4 Å². The summed E-state index contributed by atoms with van der Waals surface area (Å²) in [6, 6.07) is 48.2. The first-order chi connectivity index (χ1) is 57.1. The fraction of sp³-hybridized carbons (Fsp3) is 0.333. The maximum atomic E-state index is 8.98. The van der Waals surface area contributed by atoms with E-state index < -0.39 is 50.0 Å². The van der Waals surface area contributed by atoms with Gasteiger partial charge in [-0.2, -0.15) is 0 Å². The molecule has 108 heavy (non-hydrogen) atoms. The van der Waals surface area contributed by atoms with Gasteiger partial charge in [0.25, 0.3) is 0 Å². The van der Waals surface area contributed by atoms with Gasteiger partial charge >= 0.3 is 0 Å². The lowest BCUT2D eigenvalue weighted by Gasteiger charge is -2.20. The van der Waals surface area contributed by atoms with Crippen LogP contribution in [0.2, 0.25) is 0 Å². The second-order valence-corrected chi connectivity index (χ2v) is 30.9. The second-order valence-electron chi connectivity index (χ2n) is 30.9. The van der Waals surface area contributed by atoms with Crippen LogP contribution in [0.3, 0.4) is 0 Å². The van der Waals surface area contributed by atoms with E-state index in [0.717, 1.165) is 133 Å². The van der Waals surface area contributed by atoms with Crippen molar-refractivity contribution in [3.05, 3.63) is 238 Å². The Labute approximate surface area is 654 Å². The SMILES string of the molecule is Cc1ccc(-c2c(C)ccc3c2oc2nc(C(C)(C)C)ccc23)[n+](C)c1.[2H]C([2H])([2H])C(C)(Cc1ccc2c(n1)oc1c(-c3ccc(C)c[n+]3C)c(C)ccc12)C([2H])([2H])[2H].[2H]C1([2H])CCCC([2H])([2H])C1([2H])c1ccc2c(n1)oc1c(-c3ccc(C)c[n+]3C)c(C)ccc12.[2H]C1([2H])CCCC1([2H])c1ccc2c(n1)oc1c(-c3ccc(C)c[n+]3C)c(C)ccc12. The van der Waals surface area contributed by atoms with E-state index in [9.17, 15) is 0 Å². The molecule has 1 atom stereocenters. The Kier molecular flexibility index (Phi) is 15.5. The molecule has 18 rings (SSSR count). The number of pyridine rings is 8. The molecule has 2 saturated carbocycles. The summed E-state index contributed by atoms with van der Waals surface area (Å²) >= 11 is 0. The summed E-state index contributed by atoms with van der Waals surface area (Å²) in [5, 5.41) is 7.43.